The molecule has 0 saturated heterocycles. The molecule has 0 atom stereocenters. The van der Waals surface area contributed by atoms with Gasteiger partial charge in [0, 0.05) is 17.7 Å². The lowest BCUT2D eigenvalue weighted by molar-refractivity contribution is 0.278. The molecule has 0 spiro atoms. The largest absolute Gasteiger partial charge is 0.494 e. The molecule has 112 valence electrons. The van der Waals surface area contributed by atoms with Crippen molar-refractivity contribution in [2.75, 3.05) is 6.61 Å². The fourth-order valence-corrected chi connectivity index (χ4v) is 2.03. The second-order valence-electron chi connectivity index (χ2n) is 4.71. The van der Waals surface area contributed by atoms with Crippen LogP contribution in [0.4, 0.5) is 0 Å². The number of rotatable bonds is 6. The van der Waals surface area contributed by atoms with E-state index in [4.69, 9.17) is 4.74 Å². The monoisotopic (exact) mass is 288 g/mol. The summed E-state index contributed by atoms with van der Waals surface area (Å²) in [7, 11) is 0. The van der Waals surface area contributed by atoms with Crippen molar-refractivity contribution in [2.24, 2.45) is 0 Å². The number of aliphatic hydroxyl groups excluding tert-OH is 1. The fraction of sp³-hybridized carbons (Fsp3) is 0.375. The fourth-order valence-electron chi connectivity index (χ4n) is 2.03. The Bertz CT molecular complexity index is 637. The normalized spacial score (nSPS) is 10.6. The summed E-state index contributed by atoms with van der Waals surface area (Å²) in [6.45, 7) is 4.73. The number of nitrogens with zero attached hydrogens (tertiary/aromatic N) is 2. The van der Waals surface area contributed by atoms with Crippen LogP contribution in [0.25, 0.3) is 11.3 Å². The number of ether oxygens (including phenoxy) is 1. The highest BCUT2D eigenvalue weighted by Crippen LogP contribution is 2.22. The van der Waals surface area contributed by atoms with Gasteiger partial charge < -0.3 is 9.84 Å². The zero-order valence-electron chi connectivity index (χ0n) is 12.4. The summed E-state index contributed by atoms with van der Waals surface area (Å²) < 4.78 is 6.97. The highest BCUT2D eigenvalue weighted by atomic mass is 16.5. The minimum absolute atomic E-state index is 0.248. The Morgan fingerprint density at radius 1 is 1.29 bits per heavy atom. The molecule has 0 amide bonds. The van der Waals surface area contributed by atoms with Crippen molar-refractivity contribution in [3.63, 3.8) is 0 Å². The summed E-state index contributed by atoms with van der Waals surface area (Å²) in [5.74, 6) is 0.774. The zero-order valence-corrected chi connectivity index (χ0v) is 12.4. The van der Waals surface area contributed by atoms with Crippen LogP contribution in [0.2, 0.25) is 0 Å². The second-order valence-corrected chi connectivity index (χ2v) is 4.71. The molecule has 0 radical (unpaired) electrons. The Balaban J connectivity index is 2.44. The average molecular weight is 288 g/mol. The van der Waals surface area contributed by atoms with Crippen molar-refractivity contribution in [3.8, 4) is 17.0 Å². The molecule has 1 N–H and O–H groups in total. The van der Waals surface area contributed by atoms with Crippen molar-refractivity contribution in [1.82, 2.24) is 9.78 Å². The molecule has 2 rings (SSSR count). The Morgan fingerprint density at radius 2 is 2.10 bits per heavy atom. The van der Waals surface area contributed by atoms with Gasteiger partial charge in [-0.1, -0.05) is 19.1 Å². The SMILES string of the molecule is CCCOc1cccc(-c2cc(CO)c(=O)n(CC)n2)c1. The Kier molecular flexibility index (Phi) is 5.11. The van der Waals surface area contributed by atoms with Gasteiger partial charge in [-0.25, -0.2) is 4.68 Å². The van der Waals surface area contributed by atoms with E-state index in [1.165, 1.54) is 4.68 Å². The van der Waals surface area contributed by atoms with Crippen LogP contribution < -0.4 is 10.3 Å². The van der Waals surface area contributed by atoms with Gasteiger partial charge in [0.1, 0.15) is 5.75 Å². The Morgan fingerprint density at radius 3 is 2.76 bits per heavy atom. The van der Waals surface area contributed by atoms with Crippen LogP contribution in [0, 0.1) is 0 Å². The molecular formula is C16H20N2O3. The van der Waals surface area contributed by atoms with E-state index in [1.54, 1.807) is 6.07 Å². The molecule has 1 aromatic carbocycles. The van der Waals surface area contributed by atoms with Gasteiger partial charge in [-0.2, -0.15) is 5.10 Å². The molecule has 0 fully saturated rings. The number of hydrogen-bond donors (Lipinski definition) is 1. The van der Waals surface area contributed by atoms with Crippen molar-refractivity contribution in [3.05, 3.63) is 46.2 Å². The predicted molar refractivity (Wildman–Crippen MR) is 81.3 cm³/mol. The van der Waals surface area contributed by atoms with Crippen LogP contribution in [0.15, 0.2) is 35.1 Å². The Hall–Kier alpha value is -2.14. The third-order valence-electron chi connectivity index (χ3n) is 3.12. The van der Waals surface area contributed by atoms with Crippen LogP contribution >= 0.6 is 0 Å². The average Bonchev–Trinajstić information content (AvgIpc) is 2.53. The molecule has 1 aromatic heterocycles. The van der Waals surface area contributed by atoms with Crippen LogP contribution in [0.1, 0.15) is 25.8 Å². The number of aromatic nitrogens is 2. The van der Waals surface area contributed by atoms with Crippen molar-refractivity contribution >= 4 is 0 Å². The van der Waals surface area contributed by atoms with E-state index in [2.05, 4.69) is 12.0 Å². The molecular weight excluding hydrogens is 268 g/mol. The number of aliphatic hydroxyl groups is 1. The molecule has 0 bridgehead atoms. The number of aryl methyl sites for hydroxylation is 1. The first-order chi connectivity index (χ1) is 10.2. The van der Waals surface area contributed by atoms with Crippen LogP contribution in [-0.4, -0.2) is 21.5 Å². The molecule has 0 aliphatic heterocycles. The second kappa shape index (κ2) is 7.04. The van der Waals surface area contributed by atoms with Crippen LogP contribution in [0.3, 0.4) is 0 Å². The third kappa shape index (κ3) is 3.49. The summed E-state index contributed by atoms with van der Waals surface area (Å²) in [4.78, 5) is 11.9. The van der Waals surface area contributed by atoms with Crippen molar-refractivity contribution < 1.29 is 9.84 Å². The summed E-state index contributed by atoms with van der Waals surface area (Å²) >= 11 is 0. The van der Waals surface area contributed by atoms with Crippen LogP contribution in [-0.2, 0) is 13.2 Å². The lowest BCUT2D eigenvalue weighted by atomic mass is 10.1. The molecule has 0 saturated carbocycles. The predicted octanol–water partition coefficient (Wildman–Crippen LogP) is 2.21. The van der Waals surface area contributed by atoms with Gasteiger partial charge >= 0.3 is 0 Å². The standard InChI is InChI=1S/C16H20N2O3/c1-3-8-21-14-7-5-6-12(9-14)15-10-13(11-19)16(20)18(4-2)17-15/h5-7,9-10,19H,3-4,8,11H2,1-2H3. The zero-order chi connectivity index (χ0) is 15.2. The molecule has 0 aliphatic carbocycles. The van der Waals surface area contributed by atoms with Gasteiger partial charge in [-0.05, 0) is 31.5 Å². The van der Waals surface area contributed by atoms with E-state index >= 15 is 0 Å². The lowest BCUT2D eigenvalue weighted by Gasteiger charge is -2.10. The first-order valence-corrected chi connectivity index (χ1v) is 7.14. The molecule has 1 heterocycles. The van der Waals surface area contributed by atoms with Crippen molar-refractivity contribution in [2.45, 2.75) is 33.4 Å². The van der Waals surface area contributed by atoms with Gasteiger partial charge in [0.25, 0.3) is 5.56 Å². The number of benzene rings is 1. The van der Waals surface area contributed by atoms with Gasteiger partial charge in [-0.15, -0.1) is 0 Å². The van der Waals surface area contributed by atoms with E-state index in [1.807, 2.05) is 31.2 Å². The van der Waals surface area contributed by atoms with E-state index in [0.717, 1.165) is 17.7 Å². The summed E-state index contributed by atoms with van der Waals surface area (Å²) in [5, 5.41) is 13.6. The maximum absolute atomic E-state index is 11.9. The third-order valence-corrected chi connectivity index (χ3v) is 3.12. The first-order valence-electron chi connectivity index (χ1n) is 7.14. The minimum atomic E-state index is -0.291. The van der Waals surface area contributed by atoms with Gasteiger partial charge in [-0.3, -0.25) is 4.79 Å². The van der Waals surface area contributed by atoms with Crippen molar-refractivity contribution in [1.29, 1.82) is 0 Å². The first kappa shape index (κ1) is 15.3. The molecule has 2 aromatic rings. The molecule has 5 nitrogen and oxygen atoms in total. The smallest absolute Gasteiger partial charge is 0.272 e. The highest BCUT2D eigenvalue weighted by Gasteiger charge is 2.09. The summed E-state index contributed by atoms with van der Waals surface area (Å²) in [6.07, 6.45) is 0.942. The topological polar surface area (TPSA) is 64.3 Å². The number of hydrogen-bond acceptors (Lipinski definition) is 4. The van der Waals surface area contributed by atoms with Gasteiger partial charge in [0.15, 0.2) is 0 Å². The quantitative estimate of drug-likeness (QED) is 0.885. The maximum atomic E-state index is 11.9. The Labute approximate surface area is 123 Å². The van der Waals surface area contributed by atoms with Gasteiger partial charge in [0.05, 0.1) is 18.9 Å². The molecule has 0 aliphatic rings. The van der Waals surface area contributed by atoms with E-state index in [9.17, 15) is 9.90 Å². The van der Waals surface area contributed by atoms with Gasteiger partial charge in [0.2, 0.25) is 0 Å². The van der Waals surface area contributed by atoms with E-state index < -0.39 is 0 Å². The molecule has 21 heavy (non-hydrogen) atoms. The molecule has 0 unspecified atom stereocenters. The minimum Gasteiger partial charge on any atom is -0.494 e. The molecule has 5 heteroatoms. The lowest BCUT2D eigenvalue weighted by Crippen LogP contribution is -2.26. The summed E-state index contributed by atoms with van der Waals surface area (Å²) in [5.41, 5.74) is 1.62. The van der Waals surface area contributed by atoms with E-state index in [0.29, 0.717) is 24.4 Å². The highest BCUT2D eigenvalue weighted by molar-refractivity contribution is 5.61. The maximum Gasteiger partial charge on any atom is 0.272 e. The summed E-state index contributed by atoms with van der Waals surface area (Å²) in [6, 6.07) is 9.22. The van der Waals surface area contributed by atoms with E-state index in [-0.39, 0.29) is 12.2 Å². The van der Waals surface area contributed by atoms with Crippen LogP contribution in [0.5, 0.6) is 5.75 Å².